The van der Waals surface area contributed by atoms with E-state index >= 15 is 0 Å². The van der Waals surface area contributed by atoms with Gasteiger partial charge in [0.05, 0.1) is 11.0 Å². The van der Waals surface area contributed by atoms with Crippen molar-refractivity contribution < 1.29 is 0 Å². The van der Waals surface area contributed by atoms with E-state index in [0.29, 0.717) is 0 Å². The zero-order chi connectivity index (χ0) is 35.7. The van der Waals surface area contributed by atoms with Crippen molar-refractivity contribution in [3.05, 3.63) is 175 Å². The predicted octanol–water partition coefficient (Wildman–Crippen LogP) is 15.2. The van der Waals surface area contributed by atoms with Gasteiger partial charge in [0.15, 0.2) is 0 Å². The first kappa shape index (κ1) is 30.5. The molecule has 1 aliphatic rings. The van der Waals surface area contributed by atoms with Gasteiger partial charge in [-0.15, -0.1) is 22.7 Å². The van der Waals surface area contributed by atoms with Crippen LogP contribution in [0.1, 0.15) is 25.0 Å². The Kier molecular flexibility index (Phi) is 6.22. The molecule has 0 unspecified atom stereocenters. The van der Waals surface area contributed by atoms with E-state index in [-0.39, 0.29) is 5.41 Å². The molecule has 0 amide bonds. The second kappa shape index (κ2) is 11.0. The van der Waals surface area contributed by atoms with Crippen molar-refractivity contribution in [1.29, 1.82) is 0 Å². The Labute approximate surface area is 321 Å². The van der Waals surface area contributed by atoms with Gasteiger partial charge in [-0.1, -0.05) is 111 Å². The van der Waals surface area contributed by atoms with E-state index in [0.717, 1.165) is 0 Å². The number of nitrogens with zero attached hydrogens (tertiary/aromatic N) is 1. The average Bonchev–Trinajstić information content (AvgIpc) is 3.93. The molecule has 0 atom stereocenters. The van der Waals surface area contributed by atoms with Gasteiger partial charge in [0.1, 0.15) is 0 Å². The number of hydrogen-bond donors (Lipinski definition) is 0. The normalized spacial score (nSPS) is 13.5. The summed E-state index contributed by atoms with van der Waals surface area (Å²) in [6.45, 7) is 4.74. The van der Waals surface area contributed by atoms with Crippen LogP contribution < -0.4 is 0 Å². The van der Waals surface area contributed by atoms with Gasteiger partial charge < -0.3 is 4.57 Å². The van der Waals surface area contributed by atoms with Crippen molar-refractivity contribution in [3.8, 4) is 39.1 Å². The summed E-state index contributed by atoms with van der Waals surface area (Å²) in [5, 5.41) is 7.90. The van der Waals surface area contributed by atoms with E-state index in [2.05, 4.69) is 182 Å². The fourth-order valence-corrected chi connectivity index (χ4v) is 11.7. The van der Waals surface area contributed by atoms with Crippen LogP contribution in [0.25, 0.3) is 101 Å². The molecule has 0 radical (unpaired) electrons. The molecule has 3 heterocycles. The summed E-state index contributed by atoms with van der Waals surface area (Å²) in [6.07, 6.45) is 0. The Morgan fingerprint density at radius 3 is 1.87 bits per heavy atom. The van der Waals surface area contributed by atoms with E-state index in [9.17, 15) is 0 Å². The summed E-state index contributed by atoms with van der Waals surface area (Å²) in [7, 11) is 0. The second-order valence-corrected chi connectivity index (χ2v) is 17.4. The van der Waals surface area contributed by atoms with E-state index in [1.807, 2.05) is 22.7 Å². The molecule has 12 rings (SSSR count). The lowest BCUT2D eigenvalue weighted by molar-refractivity contribution is 0.661. The maximum Gasteiger partial charge on any atom is 0.0544 e. The minimum absolute atomic E-state index is 0.0633. The molecule has 11 aromatic rings. The van der Waals surface area contributed by atoms with Crippen LogP contribution in [0.4, 0.5) is 0 Å². The lowest BCUT2D eigenvalue weighted by Gasteiger charge is -2.21. The number of aromatic nitrogens is 1. The van der Waals surface area contributed by atoms with Gasteiger partial charge in [0.25, 0.3) is 0 Å². The van der Waals surface area contributed by atoms with Gasteiger partial charge in [0, 0.05) is 62.2 Å². The molecule has 0 fully saturated rings. The van der Waals surface area contributed by atoms with E-state index < -0.39 is 0 Å². The number of rotatable bonds is 3. The van der Waals surface area contributed by atoms with Gasteiger partial charge in [0.2, 0.25) is 0 Å². The molecule has 3 heteroatoms. The minimum Gasteiger partial charge on any atom is -0.309 e. The highest BCUT2D eigenvalue weighted by Gasteiger charge is 2.36. The average molecular weight is 724 g/mol. The van der Waals surface area contributed by atoms with Gasteiger partial charge in [-0.25, -0.2) is 0 Å². The Bertz CT molecular complexity index is 3350. The van der Waals surface area contributed by atoms with Gasteiger partial charge in [-0.2, -0.15) is 0 Å². The molecular formula is C51H33NS2. The highest BCUT2D eigenvalue weighted by molar-refractivity contribution is 7.26. The molecular weight excluding hydrogens is 691 g/mol. The van der Waals surface area contributed by atoms with Crippen molar-refractivity contribution in [2.75, 3.05) is 0 Å². The molecule has 254 valence electrons. The van der Waals surface area contributed by atoms with Crippen molar-refractivity contribution in [2.24, 2.45) is 0 Å². The van der Waals surface area contributed by atoms with E-state index in [1.165, 1.54) is 112 Å². The Morgan fingerprint density at radius 2 is 1.02 bits per heavy atom. The highest BCUT2D eigenvalue weighted by atomic mass is 32.1. The molecule has 0 saturated carbocycles. The zero-order valence-corrected chi connectivity index (χ0v) is 31.5. The van der Waals surface area contributed by atoms with Crippen LogP contribution in [0.5, 0.6) is 0 Å². The molecule has 0 spiro atoms. The molecule has 0 saturated heterocycles. The lowest BCUT2D eigenvalue weighted by Crippen LogP contribution is -2.14. The maximum absolute atomic E-state index is 2.47. The van der Waals surface area contributed by atoms with Crippen molar-refractivity contribution in [1.82, 2.24) is 4.57 Å². The molecule has 8 aromatic carbocycles. The monoisotopic (exact) mass is 723 g/mol. The number of para-hydroxylation sites is 1. The SMILES string of the molecule is CC1(C)c2ccccc2-c2cc3c4cc(-c5ccc6sc7ccc(-c8cccc9c8sc8ccccc89)cc7c6c5)ccc4n(-c4ccccc4)c3cc21. The largest absolute Gasteiger partial charge is 0.309 e. The molecule has 54 heavy (non-hydrogen) atoms. The third-order valence-corrected chi connectivity index (χ3v) is 14.4. The third-order valence-electron chi connectivity index (χ3n) is 12.0. The van der Waals surface area contributed by atoms with Gasteiger partial charge in [-0.3, -0.25) is 0 Å². The molecule has 3 aromatic heterocycles. The summed E-state index contributed by atoms with van der Waals surface area (Å²) in [5.41, 5.74) is 14.2. The van der Waals surface area contributed by atoms with E-state index in [4.69, 9.17) is 0 Å². The number of benzene rings is 8. The topological polar surface area (TPSA) is 4.93 Å². The smallest absolute Gasteiger partial charge is 0.0544 e. The third kappa shape index (κ3) is 4.20. The van der Waals surface area contributed by atoms with Crippen LogP contribution in [-0.2, 0) is 5.41 Å². The summed E-state index contributed by atoms with van der Waals surface area (Å²) < 4.78 is 7.81. The first-order valence-electron chi connectivity index (χ1n) is 18.7. The molecule has 1 aliphatic carbocycles. The predicted molar refractivity (Wildman–Crippen MR) is 235 cm³/mol. The second-order valence-electron chi connectivity index (χ2n) is 15.3. The first-order chi connectivity index (χ1) is 26.5. The quantitative estimate of drug-likeness (QED) is 0.171. The fraction of sp³-hybridized carbons (Fsp3) is 0.0588. The Morgan fingerprint density at radius 1 is 0.389 bits per heavy atom. The minimum atomic E-state index is -0.0633. The Balaban J connectivity index is 1.05. The summed E-state index contributed by atoms with van der Waals surface area (Å²) in [4.78, 5) is 0. The van der Waals surface area contributed by atoms with Crippen LogP contribution >= 0.6 is 22.7 Å². The van der Waals surface area contributed by atoms with Crippen LogP contribution in [0, 0.1) is 0 Å². The number of thiophene rings is 2. The van der Waals surface area contributed by atoms with Crippen molar-refractivity contribution in [2.45, 2.75) is 19.3 Å². The Hall–Kier alpha value is -6.00. The number of fused-ring (bicyclic) bond motifs is 12. The van der Waals surface area contributed by atoms with E-state index in [1.54, 1.807) is 0 Å². The van der Waals surface area contributed by atoms with Crippen LogP contribution in [0.3, 0.4) is 0 Å². The van der Waals surface area contributed by atoms with Crippen LogP contribution in [0.15, 0.2) is 164 Å². The van der Waals surface area contributed by atoms with Gasteiger partial charge >= 0.3 is 0 Å². The molecule has 0 N–H and O–H groups in total. The summed E-state index contributed by atoms with van der Waals surface area (Å²) in [6, 6.07) is 61.5. The maximum atomic E-state index is 2.47. The van der Waals surface area contributed by atoms with Crippen molar-refractivity contribution in [3.63, 3.8) is 0 Å². The lowest BCUT2D eigenvalue weighted by atomic mass is 9.82. The number of hydrogen-bond acceptors (Lipinski definition) is 2. The highest BCUT2D eigenvalue weighted by Crippen LogP contribution is 2.51. The van der Waals surface area contributed by atoms with Gasteiger partial charge in [-0.05, 0) is 111 Å². The molecule has 0 bridgehead atoms. The standard InChI is InChI=1S/C51H33NS2/c1-51(2)43-17-8-6-13-35(43)38-28-40-39-25-30(19-22-45(39)52(46(40)29-44(38)51)33-11-4-3-5-12-33)31-20-23-48-41(26-31)42-27-32(21-24-49(42)53-48)34-15-10-16-37-36-14-7-9-18-47(36)54-50(34)37/h3-29H,1-2H3. The zero-order valence-electron chi connectivity index (χ0n) is 29.9. The fourth-order valence-electron chi connectivity index (χ4n) is 9.35. The molecule has 1 nitrogen and oxygen atoms in total. The van der Waals surface area contributed by atoms with Crippen LogP contribution in [-0.4, -0.2) is 4.57 Å². The first-order valence-corrected chi connectivity index (χ1v) is 20.3. The molecule has 0 aliphatic heterocycles. The van der Waals surface area contributed by atoms with Crippen LogP contribution in [0.2, 0.25) is 0 Å². The summed E-state index contributed by atoms with van der Waals surface area (Å²) >= 11 is 3.79. The summed E-state index contributed by atoms with van der Waals surface area (Å²) in [5.74, 6) is 0. The van der Waals surface area contributed by atoms with Crippen molar-refractivity contribution >= 4 is 84.8 Å².